The number of carbonyl (C=O) groups is 1. The molecule has 0 aromatic heterocycles. The van der Waals surface area contributed by atoms with Crippen molar-refractivity contribution in [1.82, 2.24) is 9.80 Å². The van der Waals surface area contributed by atoms with Gasteiger partial charge in [0.15, 0.2) is 5.78 Å². The molecule has 0 aliphatic carbocycles. The normalized spacial score (nSPS) is 20.6. The predicted octanol–water partition coefficient (Wildman–Crippen LogP) is 3.94. The highest BCUT2D eigenvalue weighted by molar-refractivity contribution is 6.00. The van der Waals surface area contributed by atoms with Crippen LogP contribution in [0.2, 0.25) is 0 Å². The summed E-state index contributed by atoms with van der Waals surface area (Å²) in [4.78, 5) is 18.9. The first-order valence-electron chi connectivity index (χ1n) is 11.8. The summed E-state index contributed by atoms with van der Waals surface area (Å²) in [5, 5.41) is 0. The van der Waals surface area contributed by atoms with Crippen molar-refractivity contribution in [2.45, 2.75) is 38.3 Å². The highest BCUT2D eigenvalue weighted by Crippen LogP contribution is 2.32. The van der Waals surface area contributed by atoms with Crippen molar-refractivity contribution in [3.8, 4) is 0 Å². The summed E-state index contributed by atoms with van der Waals surface area (Å²) in [5.74, 6) is 0.188. The molecule has 2 fully saturated rings. The molecule has 0 saturated carbocycles. The predicted molar refractivity (Wildman–Crippen MR) is 127 cm³/mol. The van der Waals surface area contributed by atoms with Gasteiger partial charge in [0.25, 0.3) is 0 Å². The molecule has 4 rings (SSSR count). The lowest BCUT2D eigenvalue weighted by Crippen LogP contribution is -2.55. The van der Waals surface area contributed by atoms with E-state index in [1.165, 1.54) is 11.1 Å². The molecule has 5 heteroatoms. The molecule has 0 amide bonds. The van der Waals surface area contributed by atoms with Gasteiger partial charge in [-0.05, 0) is 16.5 Å². The standard InChI is InChI=1S/C27H36N2O3/c1-27(2,3)23-11-9-22(10-12-23)26(30)25(29-15-19-32-20-16-29)24(21-7-5-4-6-8-21)28-13-17-31-18-14-28/h4-12,24-25H,13-20H2,1-3H3. The fourth-order valence-electron chi connectivity index (χ4n) is 4.77. The van der Waals surface area contributed by atoms with Crippen molar-refractivity contribution < 1.29 is 14.3 Å². The Morgan fingerprint density at radius 3 is 1.84 bits per heavy atom. The van der Waals surface area contributed by atoms with Crippen LogP contribution in [0.1, 0.15) is 48.3 Å². The van der Waals surface area contributed by atoms with Crippen LogP contribution < -0.4 is 0 Å². The first kappa shape index (κ1) is 23.1. The van der Waals surface area contributed by atoms with Gasteiger partial charge in [0.1, 0.15) is 0 Å². The van der Waals surface area contributed by atoms with Crippen LogP contribution in [0.4, 0.5) is 0 Å². The summed E-state index contributed by atoms with van der Waals surface area (Å²) in [6.45, 7) is 12.5. The molecule has 172 valence electrons. The molecule has 2 heterocycles. The van der Waals surface area contributed by atoms with Gasteiger partial charge in [-0.15, -0.1) is 0 Å². The van der Waals surface area contributed by atoms with E-state index in [1.807, 2.05) is 18.2 Å². The Bertz CT molecular complexity index is 864. The minimum atomic E-state index is -0.264. The fraction of sp³-hybridized carbons (Fsp3) is 0.519. The summed E-state index contributed by atoms with van der Waals surface area (Å²) in [7, 11) is 0. The second-order valence-electron chi connectivity index (χ2n) is 9.79. The van der Waals surface area contributed by atoms with Crippen LogP contribution in [0.5, 0.6) is 0 Å². The number of Topliss-reactive ketones (excluding diaryl/α,β-unsaturated/α-hetero) is 1. The Labute approximate surface area is 192 Å². The van der Waals surface area contributed by atoms with E-state index in [-0.39, 0.29) is 23.3 Å². The third-order valence-electron chi connectivity index (χ3n) is 6.62. The molecular formula is C27H36N2O3. The minimum absolute atomic E-state index is 0.0204. The average molecular weight is 437 g/mol. The Kier molecular flexibility index (Phi) is 7.41. The van der Waals surface area contributed by atoms with E-state index >= 15 is 0 Å². The highest BCUT2D eigenvalue weighted by Gasteiger charge is 2.39. The second-order valence-corrected chi connectivity index (χ2v) is 9.79. The lowest BCUT2D eigenvalue weighted by atomic mass is 9.85. The van der Waals surface area contributed by atoms with Crippen molar-refractivity contribution in [2.75, 3.05) is 52.6 Å². The fourth-order valence-corrected chi connectivity index (χ4v) is 4.77. The van der Waals surface area contributed by atoms with Crippen molar-refractivity contribution in [3.05, 3.63) is 71.3 Å². The van der Waals surface area contributed by atoms with Gasteiger partial charge < -0.3 is 9.47 Å². The van der Waals surface area contributed by atoms with Crippen LogP contribution in [-0.2, 0) is 14.9 Å². The second kappa shape index (κ2) is 10.3. The average Bonchev–Trinajstić information content (AvgIpc) is 2.83. The number of carbonyl (C=O) groups excluding carboxylic acids is 1. The molecular weight excluding hydrogens is 400 g/mol. The van der Waals surface area contributed by atoms with Gasteiger partial charge in [-0.1, -0.05) is 75.4 Å². The van der Waals surface area contributed by atoms with Gasteiger partial charge in [-0.2, -0.15) is 0 Å². The summed E-state index contributed by atoms with van der Waals surface area (Å²) in [5.41, 5.74) is 3.27. The zero-order valence-electron chi connectivity index (χ0n) is 19.6. The molecule has 0 radical (unpaired) electrons. The third kappa shape index (κ3) is 5.29. The number of nitrogens with zero attached hydrogens (tertiary/aromatic N) is 2. The van der Waals surface area contributed by atoms with Gasteiger partial charge in [-0.3, -0.25) is 14.6 Å². The maximum atomic E-state index is 14.1. The van der Waals surface area contributed by atoms with Gasteiger partial charge in [-0.25, -0.2) is 0 Å². The molecule has 2 atom stereocenters. The molecule has 2 aliphatic heterocycles. The molecule has 0 N–H and O–H groups in total. The van der Waals surface area contributed by atoms with Crippen molar-refractivity contribution in [2.24, 2.45) is 0 Å². The molecule has 0 spiro atoms. The summed E-state index contributed by atoms with van der Waals surface area (Å²) in [6, 6.07) is 18.4. The topological polar surface area (TPSA) is 42.0 Å². The van der Waals surface area contributed by atoms with E-state index in [0.717, 1.165) is 31.7 Å². The maximum absolute atomic E-state index is 14.1. The smallest absolute Gasteiger partial charge is 0.181 e. The summed E-state index contributed by atoms with van der Waals surface area (Å²) in [6.07, 6.45) is 0. The van der Waals surface area contributed by atoms with Crippen LogP contribution >= 0.6 is 0 Å². The molecule has 32 heavy (non-hydrogen) atoms. The molecule has 2 saturated heterocycles. The van der Waals surface area contributed by atoms with Crippen molar-refractivity contribution in [3.63, 3.8) is 0 Å². The van der Waals surface area contributed by atoms with E-state index in [4.69, 9.17) is 9.47 Å². The number of rotatable bonds is 6. The SMILES string of the molecule is CC(C)(C)c1ccc(C(=O)C(C(c2ccccc2)N2CCOCC2)N2CCOCC2)cc1. The number of hydrogen-bond acceptors (Lipinski definition) is 5. The lowest BCUT2D eigenvalue weighted by molar-refractivity contribution is -0.0301. The summed E-state index contributed by atoms with van der Waals surface area (Å²) >= 11 is 0. The largest absolute Gasteiger partial charge is 0.379 e. The molecule has 2 aromatic rings. The molecule has 2 aliphatic rings. The van der Waals surface area contributed by atoms with E-state index in [0.29, 0.717) is 26.4 Å². The van der Waals surface area contributed by atoms with E-state index in [2.05, 4.69) is 67.0 Å². The Balaban J connectivity index is 1.73. The Morgan fingerprint density at radius 2 is 1.31 bits per heavy atom. The van der Waals surface area contributed by atoms with Crippen LogP contribution in [0.25, 0.3) is 0 Å². The van der Waals surface area contributed by atoms with Gasteiger partial charge in [0.2, 0.25) is 0 Å². The number of morpholine rings is 2. The zero-order valence-corrected chi connectivity index (χ0v) is 19.6. The maximum Gasteiger partial charge on any atom is 0.181 e. The van der Waals surface area contributed by atoms with Crippen LogP contribution in [-0.4, -0.2) is 74.2 Å². The number of ether oxygens (including phenoxy) is 2. The van der Waals surface area contributed by atoms with Crippen LogP contribution in [0.15, 0.2) is 54.6 Å². The van der Waals surface area contributed by atoms with Gasteiger partial charge in [0.05, 0.1) is 38.5 Å². The molecule has 2 aromatic carbocycles. The van der Waals surface area contributed by atoms with E-state index < -0.39 is 0 Å². The third-order valence-corrected chi connectivity index (χ3v) is 6.62. The van der Waals surface area contributed by atoms with Gasteiger partial charge in [0, 0.05) is 31.7 Å². The quantitative estimate of drug-likeness (QED) is 0.642. The Morgan fingerprint density at radius 1 is 0.781 bits per heavy atom. The van der Waals surface area contributed by atoms with Crippen LogP contribution in [0.3, 0.4) is 0 Å². The van der Waals surface area contributed by atoms with Crippen molar-refractivity contribution in [1.29, 1.82) is 0 Å². The number of benzene rings is 2. The minimum Gasteiger partial charge on any atom is -0.379 e. The number of ketones is 1. The first-order chi connectivity index (χ1) is 15.4. The van der Waals surface area contributed by atoms with Gasteiger partial charge >= 0.3 is 0 Å². The van der Waals surface area contributed by atoms with E-state index in [9.17, 15) is 4.79 Å². The van der Waals surface area contributed by atoms with Crippen LogP contribution in [0, 0.1) is 0 Å². The van der Waals surface area contributed by atoms with E-state index in [1.54, 1.807) is 0 Å². The first-order valence-corrected chi connectivity index (χ1v) is 11.8. The molecule has 5 nitrogen and oxygen atoms in total. The van der Waals surface area contributed by atoms with Crippen molar-refractivity contribution >= 4 is 5.78 Å². The number of hydrogen-bond donors (Lipinski definition) is 0. The monoisotopic (exact) mass is 436 g/mol. The molecule has 0 bridgehead atoms. The highest BCUT2D eigenvalue weighted by atomic mass is 16.5. The molecule has 2 unspecified atom stereocenters. The Hall–Kier alpha value is -2.05. The zero-order chi connectivity index (χ0) is 22.6. The lowest BCUT2D eigenvalue weighted by Gasteiger charge is -2.44. The summed E-state index contributed by atoms with van der Waals surface area (Å²) < 4.78 is 11.3.